The van der Waals surface area contributed by atoms with E-state index in [1.807, 2.05) is 19.1 Å². The zero-order valence-electron chi connectivity index (χ0n) is 16.9. The number of hydrogen-bond acceptors (Lipinski definition) is 4. The van der Waals surface area contributed by atoms with Crippen molar-refractivity contribution in [2.75, 3.05) is 13.1 Å². The second-order valence-electron chi connectivity index (χ2n) is 7.62. The number of carbonyl (C=O) groups is 3. The van der Waals surface area contributed by atoms with Gasteiger partial charge in [-0.15, -0.1) is 0 Å². The van der Waals surface area contributed by atoms with E-state index in [0.29, 0.717) is 11.4 Å². The van der Waals surface area contributed by atoms with E-state index >= 15 is 0 Å². The highest BCUT2D eigenvalue weighted by atomic mass is 35.5. The molecule has 1 aliphatic rings. The van der Waals surface area contributed by atoms with Crippen LogP contribution in [0.15, 0.2) is 24.3 Å². The van der Waals surface area contributed by atoms with Crippen LogP contribution in [-0.2, 0) is 14.4 Å². The Hall–Kier alpha value is -2.12. The Kier molecular flexibility index (Phi) is 8.92. The van der Waals surface area contributed by atoms with Gasteiger partial charge in [-0.2, -0.15) is 0 Å². The van der Waals surface area contributed by atoms with Crippen molar-refractivity contribution >= 4 is 29.4 Å². The van der Waals surface area contributed by atoms with Gasteiger partial charge >= 0.3 is 5.97 Å². The van der Waals surface area contributed by atoms with Gasteiger partial charge in [0.25, 0.3) is 0 Å². The molecule has 0 aromatic heterocycles. The third-order valence-corrected chi connectivity index (χ3v) is 5.72. The number of hydrogen-bond donors (Lipinski definition) is 4. The number of carbonyl (C=O) groups excluding carboxylic acids is 2. The molecule has 1 heterocycles. The summed E-state index contributed by atoms with van der Waals surface area (Å²) in [6.07, 6.45) is 2.48. The summed E-state index contributed by atoms with van der Waals surface area (Å²) in [6, 6.07) is 5.99. The fourth-order valence-electron chi connectivity index (χ4n) is 3.44. The molecule has 1 aromatic rings. The predicted octanol–water partition coefficient (Wildman–Crippen LogP) is 2.30. The third kappa shape index (κ3) is 7.01. The number of carboxylic acid groups (broad SMARTS) is 1. The van der Waals surface area contributed by atoms with Gasteiger partial charge in [-0.05, 0) is 43.0 Å². The molecule has 0 saturated carbocycles. The summed E-state index contributed by atoms with van der Waals surface area (Å²) in [6.45, 7) is 4.79. The van der Waals surface area contributed by atoms with Crippen molar-refractivity contribution in [3.8, 4) is 0 Å². The van der Waals surface area contributed by atoms with Crippen LogP contribution >= 0.6 is 11.6 Å². The zero-order chi connectivity index (χ0) is 21.4. The second kappa shape index (κ2) is 11.2. The Balaban J connectivity index is 2.05. The lowest BCUT2D eigenvalue weighted by Crippen LogP contribution is -2.46. The van der Waals surface area contributed by atoms with Gasteiger partial charge in [0.1, 0.15) is 6.04 Å². The molecule has 2 rings (SSSR count). The summed E-state index contributed by atoms with van der Waals surface area (Å²) >= 11 is 5.97. The fourth-order valence-corrected chi connectivity index (χ4v) is 3.56. The lowest BCUT2D eigenvalue weighted by atomic mass is 9.94. The van der Waals surface area contributed by atoms with Crippen molar-refractivity contribution in [1.82, 2.24) is 16.0 Å². The van der Waals surface area contributed by atoms with Crippen LogP contribution in [-0.4, -0.2) is 48.1 Å². The summed E-state index contributed by atoms with van der Waals surface area (Å²) in [5.74, 6) is -1.95. The lowest BCUT2D eigenvalue weighted by molar-refractivity contribution is -0.143. The number of benzene rings is 1. The average Bonchev–Trinajstić information content (AvgIpc) is 3.24. The zero-order valence-corrected chi connectivity index (χ0v) is 17.7. The molecule has 0 aliphatic carbocycles. The largest absolute Gasteiger partial charge is 0.480 e. The molecule has 1 aliphatic heterocycles. The first-order chi connectivity index (χ1) is 13.8. The predicted molar refractivity (Wildman–Crippen MR) is 112 cm³/mol. The highest BCUT2D eigenvalue weighted by molar-refractivity contribution is 6.30. The van der Waals surface area contributed by atoms with Crippen LogP contribution in [0.2, 0.25) is 5.02 Å². The SMILES string of the molecule is CCC(C)[C@H](NC(=O)CC(CNC(=O)[C@@H]1CCCN1)c1ccc(Cl)cc1)C(=O)O. The molecular formula is C21H30ClN3O4. The lowest BCUT2D eigenvalue weighted by Gasteiger charge is -2.23. The van der Waals surface area contributed by atoms with Crippen molar-refractivity contribution in [1.29, 1.82) is 0 Å². The first-order valence-electron chi connectivity index (χ1n) is 10.1. The van der Waals surface area contributed by atoms with Crippen LogP contribution in [0.1, 0.15) is 51.0 Å². The first-order valence-corrected chi connectivity index (χ1v) is 10.5. The Morgan fingerprint density at radius 3 is 2.52 bits per heavy atom. The summed E-state index contributed by atoms with van der Waals surface area (Å²) in [5, 5.41) is 18.7. The Labute approximate surface area is 176 Å². The normalized spacial score (nSPS) is 19.2. The molecule has 4 N–H and O–H groups in total. The van der Waals surface area contributed by atoms with Crippen LogP contribution < -0.4 is 16.0 Å². The summed E-state index contributed by atoms with van der Waals surface area (Å²) in [5.41, 5.74) is 0.861. The van der Waals surface area contributed by atoms with Crippen molar-refractivity contribution in [2.45, 2.75) is 57.5 Å². The van der Waals surface area contributed by atoms with Crippen molar-refractivity contribution in [3.63, 3.8) is 0 Å². The van der Waals surface area contributed by atoms with E-state index in [1.54, 1.807) is 19.1 Å². The molecule has 8 heteroatoms. The quantitative estimate of drug-likeness (QED) is 0.462. The van der Waals surface area contributed by atoms with E-state index in [0.717, 1.165) is 24.9 Å². The number of carboxylic acids is 1. The van der Waals surface area contributed by atoms with Crippen LogP contribution in [0.5, 0.6) is 0 Å². The van der Waals surface area contributed by atoms with Crippen molar-refractivity contribution < 1.29 is 19.5 Å². The monoisotopic (exact) mass is 423 g/mol. The van der Waals surface area contributed by atoms with E-state index in [9.17, 15) is 19.5 Å². The molecular weight excluding hydrogens is 394 g/mol. The Morgan fingerprint density at radius 2 is 1.97 bits per heavy atom. The maximum absolute atomic E-state index is 12.6. The standard InChI is InChI=1S/C21H30ClN3O4/c1-3-13(2)19(21(28)29)25-18(26)11-15(14-6-8-16(22)9-7-14)12-24-20(27)17-5-4-10-23-17/h6-9,13,15,17,19,23H,3-5,10-12H2,1-2H3,(H,24,27)(H,25,26)(H,28,29)/t13?,15?,17-,19-/m0/s1. The molecule has 29 heavy (non-hydrogen) atoms. The van der Waals surface area contributed by atoms with E-state index < -0.39 is 12.0 Å². The number of rotatable bonds is 10. The van der Waals surface area contributed by atoms with Gasteiger partial charge < -0.3 is 21.1 Å². The van der Waals surface area contributed by atoms with Gasteiger partial charge in [0.2, 0.25) is 11.8 Å². The molecule has 4 atom stereocenters. The third-order valence-electron chi connectivity index (χ3n) is 5.47. The van der Waals surface area contributed by atoms with Crippen LogP contribution in [0.25, 0.3) is 0 Å². The van der Waals surface area contributed by atoms with E-state index in [1.165, 1.54) is 0 Å². The molecule has 7 nitrogen and oxygen atoms in total. The minimum absolute atomic E-state index is 0.0697. The van der Waals surface area contributed by atoms with Crippen LogP contribution in [0.4, 0.5) is 0 Å². The molecule has 0 bridgehead atoms. The van der Waals surface area contributed by atoms with Gasteiger partial charge in [0, 0.05) is 23.9 Å². The molecule has 1 fully saturated rings. The van der Waals surface area contributed by atoms with Gasteiger partial charge in [0.15, 0.2) is 0 Å². The van der Waals surface area contributed by atoms with Crippen molar-refractivity contribution in [2.24, 2.45) is 5.92 Å². The smallest absolute Gasteiger partial charge is 0.326 e. The van der Waals surface area contributed by atoms with Crippen LogP contribution in [0, 0.1) is 5.92 Å². The minimum Gasteiger partial charge on any atom is -0.480 e. The molecule has 2 unspecified atom stereocenters. The maximum Gasteiger partial charge on any atom is 0.326 e. The van der Waals surface area contributed by atoms with Gasteiger partial charge in [-0.3, -0.25) is 9.59 Å². The second-order valence-corrected chi connectivity index (χ2v) is 8.05. The molecule has 0 radical (unpaired) electrons. The molecule has 1 saturated heterocycles. The molecule has 1 aromatic carbocycles. The summed E-state index contributed by atoms with van der Waals surface area (Å²) < 4.78 is 0. The van der Waals surface area contributed by atoms with E-state index in [2.05, 4.69) is 16.0 Å². The topological polar surface area (TPSA) is 108 Å². The van der Waals surface area contributed by atoms with Gasteiger partial charge in [-0.1, -0.05) is 44.0 Å². The van der Waals surface area contributed by atoms with E-state index in [4.69, 9.17) is 11.6 Å². The highest BCUT2D eigenvalue weighted by Gasteiger charge is 2.28. The molecule has 160 valence electrons. The fraction of sp³-hybridized carbons (Fsp3) is 0.571. The average molecular weight is 424 g/mol. The summed E-state index contributed by atoms with van der Waals surface area (Å²) in [7, 11) is 0. The Bertz CT molecular complexity index is 704. The number of aliphatic carboxylic acids is 1. The number of amides is 2. The highest BCUT2D eigenvalue weighted by Crippen LogP contribution is 2.22. The van der Waals surface area contributed by atoms with Crippen LogP contribution in [0.3, 0.4) is 0 Å². The Morgan fingerprint density at radius 1 is 1.28 bits per heavy atom. The first kappa shape index (κ1) is 23.2. The van der Waals surface area contributed by atoms with E-state index in [-0.39, 0.29) is 42.7 Å². The number of halogens is 1. The van der Waals surface area contributed by atoms with Crippen molar-refractivity contribution in [3.05, 3.63) is 34.9 Å². The molecule has 2 amide bonds. The maximum atomic E-state index is 12.6. The summed E-state index contributed by atoms with van der Waals surface area (Å²) in [4.78, 5) is 36.4. The minimum atomic E-state index is -1.05. The van der Waals surface area contributed by atoms with Gasteiger partial charge in [-0.25, -0.2) is 4.79 Å². The van der Waals surface area contributed by atoms with Gasteiger partial charge in [0.05, 0.1) is 6.04 Å². The molecule has 0 spiro atoms. The number of nitrogens with one attached hydrogen (secondary N) is 3.